The fourth-order valence-electron chi connectivity index (χ4n) is 1.16. The molecule has 0 aliphatic carbocycles. The van der Waals surface area contributed by atoms with Crippen LogP contribution in [0.3, 0.4) is 0 Å². The van der Waals surface area contributed by atoms with Gasteiger partial charge in [-0.3, -0.25) is 0 Å². The number of hydrogen-bond acceptors (Lipinski definition) is 3. The van der Waals surface area contributed by atoms with Crippen LogP contribution in [0.1, 0.15) is 0 Å². The smallest absolute Gasteiger partial charge is 0.0938 e. The second kappa shape index (κ2) is 4.43. The summed E-state index contributed by atoms with van der Waals surface area (Å²) < 4.78 is 1.08. The van der Waals surface area contributed by atoms with E-state index in [1.807, 2.05) is 24.3 Å². The third kappa shape index (κ3) is 2.65. The molecule has 0 saturated carbocycles. The topological polar surface area (TPSA) is 38.0 Å². The van der Waals surface area contributed by atoms with Gasteiger partial charge in [0.25, 0.3) is 0 Å². The minimum atomic E-state index is 0.644. The summed E-state index contributed by atoms with van der Waals surface area (Å²) in [7, 11) is 0. The molecule has 3 N–H and O–H groups in total. The van der Waals surface area contributed by atoms with Gasteiger partial charge < -0.3 is 11.1 Å². The maximum absolute atomic E-state index is 5.82. The molecule has 2 nitrogen and oxygen atoms in total. The molecule has 1 aromatic carbocycles. The van der Waals surface area contributed by atoms with E-state index in [0.29, 0.717) is 10.7 Å². The van der Waals surface area contributed by atoms with E-state index in [-0.39, 0.29) is 0 Å². The summed E-state index contributed by atoms with van der Waals surface area (Å²) in [4.78, 5) is 0. The number of thiophene rings is 1. The van der Waals surface area contributed by atoms with Crippen molar-refractivity contribution in [3.63, 3.8) is 0 Å². The molecule has 15 heavy (non-hydrogen) atoms. The Hall–Kier alpha value is -0.710. The first kappa shape index (κ1) is 10.8. The Kier molecular flexibility index (Phi) is 3.19. The van der Waals surface area contributed by atoms with Gasteiger partial charge in [-0.05, 0) is 46.3 Å². The number of benzene rings is 1. The molecule has 0 fully saturated rings. The summed E-state index contributed by atoms with van der Waals surface area (Å²) in [6.45, 7) is 0. The molecule has 0 aliphatic rings. The molecule has 2 rings (SSSR count). The number of hydrogen-bond donors (Lipinski definition) is 2. The van der Waals surface area contributed by atoms with Gasteiger partial charge in [0, 0.05) is 5.02 Å². The number of anilines is 3. The molecule has 0 radical (unpaired) electrons. The Labute approximate surface area is 105 Å². The van der Waals surface area contributed by atoms with Crippen LogP contribution in [0.15, 0.2) is 34.1 Å². The molecule has 1 heterocycles. The molecule has 1 aromatic heterocycles. The highest BCUT2D eigenvalue weighted by Crippen LogP contribution is 2.32. The lowest BCUT2D eigenvalue weighted by Crippen LogP contribution is -1.94. The maximum atomic E-state index is 5.82. The van der Waals surface area contributed by atoms with E-state index in [0.717, 1.165) is 14.5 Å². The predicted octanol–water partition coefficient (Wildman–Crippen LogP) is 4.49. The Bertz CT molecular complexity index is 484. The molecule has 78 valence electrons. The van der Waals surface area contributed by atoms with E-state index in [1.165, 1.54) is 0 Å². The SMILES string of the molecule is Nc1cc(Cl)ccc1Nc1ccc(Br)s1. The fraction of sp³-hybridized carbons (Fsp3) is 0. The van der Waals surface area contributed by atoms with Crippen molar-refractivity contribution in [1.29, 1.82) is 0 Å². The van der Waals surface area contributed by atoms with Gasteiger partial charge in [0.05, 0.1) is 20.2 Å². The summed E-state index contributed by atoms with van der Waals surface area (Å²) in [5.41, 5.74) is 7.34. The summed E-state index contributed by atoms with van der Waals surface area (Å²) >= 11 is 10.8. The highest BCUT2D eigenvalue weighted by Gasteiger charge is 2.02. The molecule has 0 bridgehead atoms. The average molecular weight is 304 g/mol. The second-order valence-corrected chi connectivity index (χ2v) is 5.86. The molecule has 5 heteroatoms. The minimum absolute atomic E-state index is 0.644. The summed E-state index contributed by atoms with van der Waals surface area (Å²) in [5, 5.41) is 4.91. The molecule has 0 spiro atoms. The lowest BCUT2D eigenvalue weighted by molar-refractivity contribution is 1.60. The van der Waals surface area contributed by atoms with Gasteiger partial charge >= 0.3 is 0 Å². The zero-order valence-electron chi connectivity index (χ0n) is 7.63. The van der Waals surface area contributed by atoms with Crippen molar-refractivity contribution < 1.29 is 0 Å². The normalized spacial score (nSPS) is 10.3. The summed E-state index contributed by atoms with van der Waals surface area (Å²) in [6, 6.07) is 9.38. The Morgan fingerprint density at radius 2 is 2.07 bits per heavy atom. The molecule has 2 aromatic rings. The van der Waals surface area contributed by atoms with E-state index in [2.05, 4.69) is 21.2 Å². The molecule has 0 unspecified atom stereocenters. The third-order valence-electron chi connectivity index (χ3n) is 1.84. The first-order valence-corrected chi connectivity index (χ1v) is 6.21. The van der Waals surface area contributed by atoms with Crippen molar-refractivity contribution >= 4 is 55.2 Å². The van der Waals surface area contributed by atoms with Gasteiger partial charge in [-0.25, -0.2) is 0 Å². The number of rotatable bonds is 2. The van der Waals surface area contributed by atoms with E-state index in [9.17, 15) is 0 Å². The molecule has 0 saturated heterocycles. The largest absolute Gasteiger partial charge is 0.397 e. The van der Waals surface area contributed by atoms with Gasteiger partial charge in [0.2, 0.25) is 0 Å². The van der Waals surface area contributed by atoms with Crippen LogP contribution in [0.25, 0.3) is 0 Å². The number of halogens is 2. The summed E-state index contributed by atoms with van der Waals surface area (Å²) in [6.07, 6.45) is 0. The average Bonchev–Trinajstić information content (AvgIpc) is 2.56. The predicted molar refractivity (Wildman–Crippen MR) is 71.2 cm³/mol. The van der Waals surface area contributed by atoms with Gasteiger partial charge in [0.1, 0.15) is 0 Å². The van der Waals surface area contributed by atoms with E-state index < -0.39 is 0 Å². The highest BCUT2D eigenvalue weighted by atomic mass is 79.9. The standard InChI is InChI=1S/C10H8BrClN2S/c11-9-3-4-10(15-9)14-8-2-1-6(12)5-7(8)13/h1-5,14H,13H2. The van der Waals surface area contributed by atoms with Gasteiger partial charge in [-0.2, -0.15) is 0 Å². The lowest BCUT2D eigenvalue weighted by Gasteiger charge is -2.06. The van der Waals surface area contributed by atoms with Gasteiger partial charge in [0.15, 0.2) is 0 Å². The zero-order valence-corrected chi connectivity index (χ0v) is 10.8. The van der Waals surface area contributed by atoms with Crippen molar-refractivity contribution in [2.45, 2.75) is 0 Å². The molecule has 0 aliphatic heterocycles. The minimum Gasteiger partial charge on any atom is -0.397 e. The summed E-state index contributed by atoms with van der Waals surface area (Å²) in [5.74, 6) is 0. The zero-order chi connectivity index (χ0) is 10.8. The van der Waals surface area contributed by atoms with Crippen LogP contribution in [-0.2, 0) is 0 Å². The van der Waals surface area contributed by atoms with Crippen LogP contribution >= 0.6 is 38.9 Å². The van der Waals surface area contributed by atoms with Crippen LogP contribution < -0.4 is 11.1 Å². The van der Waals surface area contributed by atoms with E-state index in [4.69, 9.17) is 17.3 Å². The van der Waals surface area contributed by atoms with Crippen LogP contribution in [0.5, 0.6) is 0 Å². The molecule has 0 atom stereocenters. The first-order chi connectivity index (χ1) is 7.15. The van der Waals surface area contributed by atoms with Gasteiger partial charge in [-0.15, -0.1) is 11.3 Å². The highest BCUT2D eigenvalue weighted by molar-refractivity contribution is 9.11. The van der Waals surface area contributed by atoms with Crippen LogP contribution in [-0.4, -0.2) is 0 Å². The quantitative estimate of drug-likeness (QED) is 0.802. The van der Waals surface area contributed by atoms with Gasteiger partial charge in [-0.1, -0.05) is 11.6 Å². The molecular formula is C10H8BrClN2S. The number of nitrogens with one attached hydrogen (secondary N) is 1. The Morgan fingerprint density at radius 1 is 1.27 bits per heavy atom. The number of nitrogen functional groups attached to an aromatic ring is 1. The van der Waals surface area contributed by atoms with Crippen molar-refractivity contribution in [3.8, 4) is 0 Å². The van der Waals surface area contributed by atoms with E-state index in [1.54, 1.807) is 17.4 Å². The Balaban J connectivity index is 2.24. The monoisotopic (exact) mass is 302 g/mol. The molecule has 0 amide bonds. The van der Waals surface area contributed by atoms with Crippen LogP contribution in [0, 0.1) is 0 Å². The van der Waals surface area contributed by atoms with Crippen LogP contribution in [0.2, 0.25) is 5.02 Å². The van der Waals surface area contributed by atoms with Crippen molar-refractivity contribution in [2.24, 2.45) is 0 Å². The van der Waals surface area contributed by atoms with E-state index >= 15 is 0 Å². The van der Waals surface area contributed by atoms with Crippen LogP contribution in [0.4, 0.5) is 16.4 Å². The Morgan fingerprint density at radius 3 is 2.67 bits per heavy atom. The van der Waals surface area contributed by atoms with Crippen molar-refractivity contribution in [3.05, 3.63) is 39.1 Å². The lowest BCUT2D eigenvalue weighted by atomic mass is 10.3. The second-order valence-electron chi connectivity index (χ2n) is 2.96. The molecular weight excluding hydrogens is 296 g/mol. The van der Waals surface area contributed by atoms with Crippen molar-refractivity contribution in [1.82, 2.24) is 0 Å². The third-order valence-corrected chi connectivity index (χ3v) is 3.62. The van der Waals surface area contributed by atoms with Crippen molar-refractivity contribution in [2.75, 3.05) is 11.1 Å². The number of nitrogens with two attached hydrogens (primary N) is 1. The first-order valence-electron chi connectivity index (χ1n) is 4.22. The fourth-order valence-corrected chi connectivity index (χ4v) is 2.64. The maximum Gasteiger partial charge on any atom is 0.0938 e.